The van der Waals surface area contributed by atoms with Gasteiger partial charge in [0.1, 0.15) is 0 Å². The normalized spacial score (nSPS) is 15.7. The lowest BCUT2D eigenvalue weighted by molar-refractivity contribution is 0.0999. The van der Waals surface area contributed by atoms with Crippen LogP contribution in [0.15, 0.2) is 12.1 Å². The van der Waals surface area contributed by atoms with Crippen molar-refractivity contribution in [2.75, 3.05) is 31.5 Å². The molecule has 0 atom stereocenters. The van der Waals surface area contributed by atoms with Gasteiger partial charge in [0.25, 0.3) is 0 Å². The van der Waals surface area contributed by atoms with Gasteiger partial charge in [0, 0.05) is 24.3 Å². The fourth-order valence-electron chi connectivity index (χ4n) is 2.58. The zero-order valence-electron chi connectivity index (χ0n) is 11.8. The number of hydrogen-bond donors (Lipinski definition) is 2. The largest absolute Gasteiger partial charge is 0.384 e. The number of nitrogens with zero attached hydrogens (tertiary/aromatic N) is 1. The number of primary amides is 1. The monoisotopic (exact) mass is 261 g/mol. The van der Waals surface area contributed by atoms with E-state index in [4.69, 9.17) is 5.73 Å². The summed E-state index contributed by atoms with van der Waals surface area (Å²) in [7, 11) is 0. The molecule has 4 nitrogen and oxygen atoms in total. The average molecular weight is 261 g/mol. The first kappa shape index (κ1) is 13.9. The number of rotatable bonds is 5. The van der Waals surface area contributed by atoms with E-state index in [0.29, 0.717) is 5.56 Å². The van der Waals surface area contributed by atoms with Gasteiger partial charge in [-0.05, 0) is 63.0 Å². The van der Waals surface area contributed by atoms with Gasteiger partial charge in [0.15, 0.2) is 0 Å². The van der Waals surface area contributed by atoms with E-state index in [1.165, 1.54) is 25.9 Å². The van der Waals surface area contributed by atoms with Gasteiger partial charge in [-0.2, -0.15) is 0 Å². The summed E-state index contributed by atoms with van der Waals surface area (Å²) in [5.74, 6) is -0.358. The number of carbonyl (C=O) groups is 1. The van der Waals surface area contributed by atoms with E-state index in [1.54, 1.807) is 0 Å². The number of nitrogens with one attached hydrogen (secondary N) is 1. The summed E-state index contributed by atoms with van der Waals surface area (Å²) in [4.78, 5) is 13.9. The van der Waals surface area contributed by atoms with Crippen molar-refractivity contribution < 1.29 is 4.79 Å². The summed E-state index contributed by atoms with van der Waals surface area (Å²) in [5, 5.41) is 3.39. The smallest absolute Gasteiger partial charge is 0.249 e. The molecule has 0 aliphatic carbocycles. The van der Waals surface area contributed by atoms with E-state index < -0.39 is 0 Å². The number of carbonyl (C=O) groups excluding carboxylic acids is 1. The minimum Gasteiger partial charge on any atom is -0.384 e. The van der Waals surface area contributed by atoms with Crippen molar-refractivity contribution in [3.05, 3.63) is 28.8 Å². The first-order valence-electron chi connectivity index (χ1n) is 6.95. The van der Waals surface area contributed by atoms with E-state index in [9.17, 15) is 4.79 Å². The fourth-order valence-corrected chi connectivity index (χ4v) is 2.58. The first-order valence-corrected chi connectivity index (χ1v) is 6.95. The van der Waals surface area contributed by atoms with Gasteiger partial charge >= 0.3 is 0 Å². The van der Waals surface area contributed by atoms with Crippen LogP contribution in [0.1, 0.15) is 34.3 Å². The molecule has 0 bridgehead atoms. The van der Waals surface area contributed by atoms with Crippen LogP contribution in [0.3, 0.4) is 0 Å². The van der Waals surface area contributed by atoms with Crippen LogP contribution in [0, 0.1) is 13.8 Å². The zero-order valence-corrected chi connectivity index (χ0v) is 11.8. The number of nitrogens with two attached hydrogens (primary N) is 1. The summed E-state index contributed by atoms with van der Waals surface area (Å²) >= 11 is 0. The number of benzene rings is 1. The number of anilines is 1. The van der Waals surface area contributed by atoms with Crippen molar-refractivity contribution in [2.45, 2.75) is 26.7 Å². The molecule has 0 unspecified atom stereocenters. The Labute approximate surface area is 115 Å². The molecular formula is C15H23N3O. The van der Waals surface area contributed by atoms with E-state index in [2.05, 4.69) is 16.3 Å². The SMILES string of the molecule is Cc1cc(NCCN2CCCC2)cc(C(N)=O)c1C. The Bertz CT molecular complexity index is 465. The van der Waals surface area contributed by atoms with Gasteiger partial charge in [0.2, 0.25) is 5.91 Å². The summed E-state index contributed by atoms with van der Waals surface area (Å²) in [6, 6.07) is 3.93. The van der Waals surface area contributed by atoms with Crippen LogP contribution < -0.4 is 11.1 Å². The Morgan fingerprint density at radius 1 is 1.32 bits per heavy atom. The van der Waals surface area contributed by atoms with Crippen LogP contribution in [0.25, 0.3) is 0 Å². The molecule has 1 aromatic rings. The molecule has 0 radical (unpaired) electrons. The fraction of sp³-hybridized carbons (Fsp3) is 0.533. The third-order valence-electron chi connectivity index (χ3n) is 3.89. The number of likely N-dealkylation sites (tertiary alicyclic amines) is 1. The van der Waals surface area contributed by atoms with Crippen molar-refractivity contribution in [3.8, 4) is 0 Å². The lowest BCUT2D eigenvalue weighted by Crippen LogP contribution is -2.26. The van der Waals surface area contributed by atoms with E-state index in [1.807, 2.05) is 19.9 Å². The zero-order chi connectivity index (χ0) is 13.8. The predicted molar refractivity (Wildman–Crippen MR) is 78.6 cm³/mol. The highest BCUT2D eigenvalue weighted by atomic mass is 16.1. The molecule has 4 heteroatoms. The molecule has 1 aliphatic heterocycles. The molecule has 2 rings (SSSR count). The molecule has 1 aliphatic rings. The highest BCUT2D eigenvalue weighted by Gasteiger charge is 2.11. The first-order chi connectivity index (χ1) is 9.08. The van der Waals surface area contributed by atoms with Crippen LogP contribution in [0.2, 0.25) is 0 Å². The molecule has 0 saturated carbocycles. The lowest BCUT2D eigenvalue weighted by Gasteiger charge is -2.16. The topological polar surface area (TPSA) is 58.4 Å². The number of aryl methyl sites for hydroxylation is 1. The summed E-state index contributed by atoms with van der Waals surface area (Å²) in [6.07, 6.45) is 2.63. The highest BCUT2D eigenvalue weighted by molar-refractivity contribution is 5.95. The summed E-state index contributed by atoms with van der Waals surface area (Å²) in [5.41, 5.74) is 9.07. The van der Waals surface area contributed by atoms with Gasteiger partial charge in [-0.15, -0.1) is 0 Å². The molecular weight excluding hydrogens is 238 g/mol. The van der Waals surface area contributed by atoms with Crippen LogP contribution in [-0.2, 0) is 0 Å². The quantitative estimate of drug-likeness (QED) is 0.851. The Hall–Kier alpha value is -1.55. The molecule has 1 fully saturated rings. The van der Waals surface area contributed by atoms with Crippen molar-refractivity contribution >= 4 is 11.6 Å². The summed E-state index contributed by atoms with van der Waals surface area (Å²) in [6.45, 7) is 8.32. The Kier molecular flexibility index (Phi) is 4.43. The van der Waals surface area contributed by atoms with Gasteiger partial charge in [-0.3, -0.25) is 4.79 Å². The molecule has 104 valence electrons. The predicted octanol–water partition coefficient (Wildman–Crippen LogP) is 1.91. The van der Waals surface area contributed by atoms with Crippen LogP contribution in [-0.4, -0.2) is 37.0 Å². The molecule has 19 heavy (non-hydrogen) atoms. The maximum absolute atomic E-state index is 11.4. The molecule has 0 spiro atoms. The maximum Gasteiger partial charge on any atom is 0.249 e. The van der Waals surface area contributed by atoms with Crippen LogP contribution in [0.4, 0.5) is 5.69 Å². The third-order valence-corrected chi connectivity index (χ3v) is 3.89. The molecule has 0 aromatic heterocycles. The molecule has 1 aromatic carbocycles. The second kappa shape index (κ2) is 6.06. The van der Waals surface area contributed by atoms with E-state index >= 15 is 0 Å². The molecule has 3 N–H and O–H groups in total. The minimum atomic E-state index is -0.358. The van der Waals surface area contributed by atoms with Crippen molar-refractivity contribution in [3.63, 3.8) is 0 Å². The highest BCUT2D eigenvalue weighted by Crippen LogP contribution is 2.19. The number of amides is 1. The van der Waals surface area contributed by atoms with Gasteiger partial charge in [-0.25, -0.2) is 0 Å². The van der Waals surface area contributed by atoms with E-state index in [0.717, 1.165) is 29.9 Å². The number of hydrogen-bond acceptors (Lipinski definition) is 3. The second-order valence-corrected chi connectivity index (χ2v) is 5.31. The third kappa shape index (κ3) is 3.47. The Balaban J connectivity index is 1.97. The van der Waals surface area contributed by atoms with Gasteiger partial charge in [0.05, 0.1) is 0 Å². The lowest BCUT2D eigenvalue weighted by atomic mass is 10.0. The molecule has 1 saturated heterocycles. The van der Waals surface area contributed by atoms with Crippen molar-refractivity contribution in [1.82, 2.24) is 4.90 Å². The minimum absolute atomic E-state index is 0.358. The standard InChI is InChI=1S/C15H23N3O/c1-11-9-13(10-14(12(11)2)15(16)19)17-5-8-18-6-3-4-7-18/h9-10,17H,3-8H2,1-2H3,(H2,16,19). The second-order valence-electron chi connectivity index (χ2n) is 5.31. The van der Waals surface area contributed by atoms with Gasteiger partial charge in [-0.1, -0.05) is 0 Å². The Morgan fingerprint density at radius 2 is 2.00 bits per heavy atom. The van der Waals surface area contributed by atoms with Crippen LogP contribution >= 0.6 is 0 Å². The van der Waals surface area contributed by atoms with E-state index in [-0.39, 0.29) is 5.91 Å². The van der Waals surface area contributed by atoms with Crippen LogP contribution in [0.5, 0.6) is 0 Å². The summed E-state index contributed by atoms with van der Waals surface area (Å²) < 4.78 is 0. The van der Waals surface area contributed by atoms with Crippen molar-refractivity contribution in [1.29, 1.82) is 0 Å². The van der Waals surface area contributed by atoms with Crippen molar-refractivity contribution in [2.24, 2.45) is 5.73 Å². The molecule has 1 amide bonds. The Morgan fingerprint density at radius 3 is 2.63 bits per heavy atom. The molecule has 1 heterocycles. The maximum atomic E-state index is 11.4. The average Bonchev–Trinajstić information content (AvgIpc) is 2.86. The van der Waals surface area contributed by atoms with Gasteiger partial charge < -0.3 is 16.0 Å².